The largest absolute Gasteiger partial charge is 0.407 e. The number of nitro groups is 1. The van der Waals surface area contributed by atoms with Gasteiger partial charge in [0.1, 0.15) is 0 Å². The van der Waals surface area contributed by atoms with Gasteiger partial charge in [-0.25, -0.2) is 0 Å². The third-order valence-corrected chi connectivity index (χ3v) is 4.50. The molecule has 0 aromatic carbocycles. The molecule has 0 fully saturated rings. The molecule has 3 heterocycles. The Morgan fingerprint density at radius 3 is 2.91 bits per heavy atom. The first-order chi connectivity index (χ1) is 10.6. The van der Waals surface area contributed by atoms with Crippen molar-refractivity contribution in [2.24, 2.45) is 0 Å². The van der Waals surface area contributed by atoms with Crippen LogP contribution in [0.5, 0.6) is 0 Å². The molecular weight excluding hydrogens is 328 g/mol. The number of anilines is 1. The average molecular weight is 336 g/mol. The number of rotatable bonds is 5. The minimum absolute atomic E-state index is 0.0346. The van der Waals surface area contributed by atoms with Gasteiger partial charge in [0.2, 0.25) is 5.89 Å². The first kappa shape index (κ1) is 14.4. The van der Waals surface area contributed by atoms with E-state index in [0.717, 1.165) is 16.2 Å². The monoisotopic (exact) mass is 336 g/mol. The number of amides is 1. The molecule has 3 aromatic heterocycles. The van der Waals surface area contributed by atoms with Crippen LogP contribution in [0.4, 0.5) is 11.0 Å². The van der Waals surface area contributed by atoms with Crippen molar-refractivity contribution in [2.75, 3.05) is 5.32 Å². The van der Waals surface area contributed by atoms with Crippen LogP contribution < -0.4 is 5.32 Å². The van der Waals surface area contributed by atoms with Gasteiger partial charge in [-0.15, -0.1) is 16.4 Å². The van der Waals surface area contributed by atoms with E-state index in [0.29, 0.717) is 12.3 Å². The Balaban J connectivity index is 1.66. The number of nitrogens with one attached hydrogen (secondary N) is 1. The summed E-state index contributed by atoms with van der Waals surface area (Å²) < 4.78 is 5.33. The minimum atomic E-state index is -0.548. The van der Waals surface area contributed by atoms with E-state index >= 15 is 0 Å². The van der Waals surface area contributed by atoms with Crippen LogP contribution in [-0.4, -0.2) is 21.0 Å². The number of carbonyl (C=O) groups excluding carboxylic acids is 1. The van der Waals surface area contributed by atoms with Gasteiger partial charge in [-0.3, -0.25) is 20.2 Å². The van der Waals surface area contributed by atoms with Crippen molar-refractivity contribution < 1.29 is 14.1 Å². The molecule has 0 atom stereocenters. The molecule has 0 aliphatic rings. The fourth-order valence-electron chi connectivity index (χ4n) is 1.64. The molecule has 0 saturated heterocycles. The summed E-state index contributed by atoms with van der Waals surface area (Å²) in [6.45, 7) is 0. The molecule has 8 nitrogen and oxygen atoms in total. The van der Waals surface area contributed by atoms with Gasteiger partial charge in [-0.1, -0.05) is 22.5 Å². The van der Waals surface area contributed by atoms with E-state index in [1.807, 2.05) is 17.5 Å². The highest BCUT2D eigenvalue weighted by atomic mass is 32.1. The smallest absolute Gasteiger partial charge is 0.324 e. The fourth-order valence-corrected chi connectivity index (χ4v) is 3.06. The van der Waals surface area contributed by atoms with Gasteiger partial charge >= 0.3 is 11.0 Å². The Labute approximate surface area is 131 Å². The van der Waals surface area contributed by atoms with E-state index in [9.17, 15) is 14.9 Å². The van der Waals surface area contributed by atoms with Gasteiger partial charge in [-0.05, 0) is 17.5 Å². The summed E-state index contributed by atoms with van der Waals surface area (Å²) in [5.74, 6) is -0.140. The molecule has 10 heteroatoms. The topological polar surface area (TPSA) is 111 Å². The average Bonchev–Trinajstić information content (AvgIpc) is 3.19. The molecule has 1 N–H and O–H groups in total. The summed E-state index contributed by atoms with van der Waals surface area (Å²) in [6.07, 6.45) is 0.491. The summed E-state index contributed by atoms with van der Waals surface area (Å²) in [4.78, 5) is 23.2. The molecule has 0 aliphatic carbocycles. The molecule has 3 aromatic rings. The Morgan fingerprint density at radius 1 is 1.36 bits per heavy atom. The van der Waals surface area contributed by atoms with Crippen LogP contribution in [0, 0.1) is 10.1 Å². The van der Waals surface area contributed by atoms with Crippen molar-refractivity contribution in [2.45, 2.75) is 6.42 Å². The summed E-state index contributed by atoms with van der Waals surface area (Å²) in [7, 11) is 0. The zero-order valence-electron chi connectivity index (χ0n) is 10.9. The van der Waals surface area contributed by atoms with Gasteiger partial charge in [0.05, 0.1) is 16.2 Å². The molecule has 1 amide bonds. The summed E-state index contributed by atoms with van der Waals surface area (Å²) >= 11 is 2.35. The van der Waals surface area contributed by atoms with Crippen molar-refractivity contribution >= 4 is 39.6 Å². The normalized spacial score (nSPS) is 10.5. The van der Waals surface area contributed by atoms with E-state index in [2.05, 4.69) is 15.5 Å². The zero-order chi connectivity index (χ0) is 15.5. The van der Waals surface area contributed by atoms with Gasteiger partial charge < -0.3 is 4.42 Å². The second kappa shape index (κ2) is 6.03. The summed E-state index contributed by atoms with van der Waals surface area (Å²) in [6, 6.07) is 6.48. The standard InChI is InChI=1S/C12H8N4O4S2/c17-11(8-3-4-10(22-8)16(18)19)13-12-15-14-9(20-12)6-7-2-1-5-21-7/h1-5H,6H2,(H,13,15,17). The van der Waals surface area contributed by atoms with Gasteiger partial charge in [0.25, 0.3) is 5.91 Å². The van der Waals surface area contributed by atoms with Crippen molar-refractivity contribution in [3.8, 4) is 0 Å². The van der Waals surface area contributed by atoms with E-state index in [1.165, 1.54) is 12.1 Å². The lowest BCUT2D eigenvalue weighted by Crippen LogP contribution is -2.10. The number of thiophene rings is 2. The number of aromatic nitrogens is 2. The molecule has 112 valence electrons. The lowest BCUT2D eigenvalue weighted by molar-refractivity contribution is -0.380. The van der Waals surface area contributed by atoms with Crippen LogP contribution in [-0.2, 0) is 6.42 Å². The first-order valence-electron chi connectivity index (χ1n) is 6.02. The maximum atomic E-state index is 11.9. The van der Waals surface area contributed by atoms with Gasteiger partial charge in [0.15, 0.2) is 0 Å². The van der Waals surface area contributed by atoms with Crippen LogP contribution >= 0.6 is 22.7 Å². The molecule has 0 radical (unpaired) electrons. The second-order valence-corrected chi connectivity index (χ2v) is 6.20. The van der Waals surface area contributed by atoms with E-state index < -0.39 is 10.8 Å². The van der Waals surface area contributed by atoms with E-state index in [1.54, 1.807) is 11.3 Å². The lowest BCUT2D eigenvalue weighted by Gasteiger charge is -1.95. The first-order valence-corrected chi connectivity index (χ1v) is 7.72. The number of carbonyl (C=O) groups is 1. The Kier molecular flexibility index (Phi) is 3.94. The van der Waals surface area contributed by atoms with Crippen molar-refractivity contribution in [1.82, 2.24) is 10.2 Å². The van der Waals surface area contributed by atoms with Crippen LogP contribution in [0.15, 0.2) is 34.1 Å². The SMILES string of the molecule is O=C(Nc1nnc(Cc2cccs2)o1)c1ccc([N+](=O)[O-])s1. The number of hydrogen-bond acceptors (Lipinski definition) is 8. The van der Waals surface area contributed by atoms with Crippen LogP contribution in [0.3, 0.4) is 0 Å². The number of hydrogen-bond donors (Lipinski definition) is 1. The Bertz CT molecular complexity index is 809. The molecule has 22 heavy (non-hydrogen) atoms. The predicted molar refractivity (Wildman–Crippen MR) is 80.3 cm³/mol. The number of nitrogens with zero attached hydrogens (tertiary/aromatic N) is 3. The highest BCUT2D eigenvalue weighted by Gasteiger charge is 2.17. The van der Waals surface area contributed by atoms with Gasteiger partial charge in [-0.2, -0.15) is 0 Å². The zero-order valence-corrected chi connectivity index (χ0v) is 12.5. The molecule has 0 unspecified atom stereocenters. The fraction of sp³-hybridized carbons (Fsp3) is 0.0833. The van der Waals surface area contributed by atoms with E-state index in [-0.39, 0.29) is 15.9 Å². The summed E-state index contributed by atoms with van der Waals surface area (Å²) in [5, 5.41) is 22.4. The maximum absolute atomic E-state index is 11.9. The third kappa shape index (κ3) is 3.18. The maximum Gasteiger partial charge on any atom is 0.324 e. The molecule has 3 rings (SSSR count). The Morgan fingerprint density at radius 2 is 2.23 bits per heavy atom. The van der Waals surface area contributed by atoms with Crippen molar-refractivity contribution in [3.05, 3.63) is 55.4 Å². The minimum Gasteiger partial charge on any atom is -0.407 e. The third-order valence-electron chi connectivity index (χ3n) is 2.59. The Hall–Kier alpha value is -2.59. The quantitative estimate of drug-likeness (QED) is 0.566. The van der Waals surface area contributed by atoms with Crippen molar-refractivity contribution in [1.29, 1.82) is 0 Å². The van der Waals surface area contributed by atoms with Crippen LogP contribution in [0.2, 0.25) is 0 Å². The summed E-state index contributed by atoms with van der Waals surface area (Å²) in [5.41, 5.74) is 0. The van der Waals surface area contributed by atoms with Crippen LogP contribution in [0.1, 0.15) is 20.4 Å². The molecular formula is C12H8N4O4S2. The van der Waals surface area contributed by atoms with E-state index in [4.69, 9.17) is 4.42 Å². The predicted octanol–water partition coefficient (Wildman–Crippen LogP) is 2.94. The van der Waals surface area contributed by atoms with Crippen LogP contribution in [0.25, 0.3) is 0 Å². The second-order valence-electron chi connectivity index (χ2n) is 4.11. The highest BCUT2D eigenvalue weighted by molar-refractivity contribution is 7.17. The van der Waals surface area contributed by atoms with Gasteiger partial charge in [0, 0.05) is 10.9 Å². The molecule has 0 bridgehead atoms. The van der Waals surface area contributed by atoms with Crippen molar-refractivity contribution in [3.63, 3.8) is 0 Å². The lowest BCUT2D eigenvalue weighted by atomic mass is 10.3. The molecule has 0 spiro atoms. The molecule has 0 aliphatic heterocycles. The highest BCUT2D eigenvalue weighted by Crippen LogP contribution is 2.24. The molecule has 0 saturated carbocycles.